The first-order chi connectivity index (χ1) is 10.6. The third-order valence-electron chi connectivity index (χ3n) is 4.88. The van der Waals surface area contributed by atoms with Crippen LogP contribution in [0.5, 0.6) is 0 Å². The van der Waals surface area contributed by atoms with Gasteiger partial charge < -0.3 is 15.1 Å². The number of carbonyl (C=O) groups excluding carboxylic acids is 1. The van der Waals surface area contributed by atoms with E-state index in [1.54, 1.807) is 0 Å². The van der Waals surface area contributed by atoms with Gasteiger partial charge in [0, 0.05) is 36.9 Å². The van der Waals surface area contributed by atoms with E-state index in [9.17, 15) is 4.79 Å². The molecule has 1 aromatic rings. The number of carbonyl (C=O) groups is 1. The molecule has 1 aliphatic carbocycles. The first-order valence-electron chi connectivity index (χ1n) is 8.47. The van der Waals surface area contributed by atoms with Crippen molar-refractivity contribution < 1.29 is 4.79 Å². The maximum absolute atomic E-state index is 13.0. The lowest BCUT2D eigenvalue weighted by atomic mass is 10.1. The Balaban J connectivity index is 0.00000192. The average molecular weight is 338 g/mol. The van der Waals surface area contributed by atoms with Crippen LogP contribution in [0.25, 0.3) is 0 Å². The smallest absolute Gasteiger partial charge is 0.254 e. The molecule has 1 saturated carbocycles. The topological polar surface area (TPSA) is 35.6 Å². The first kappa shape index (κ1) is 18.1. The third kappa shape index (κ3) is 4.18. The number of hydrogen-bond acceptors (Lipinski definition) is 3. The van der Waals surface area contributed by atoms with Crippen LogP contribution in [-0.4, -0.2) is 55.5 Å². The molecule has 128 valence electrons. The quantitative estimate of drug-likeness (QED) is 0.897. The van der Waals surface area contributed by atoms with Crippen LogP contribution >= 0.6 is 12.4 Å². The van der Waals surface area contributed by atoms with Gasteiger partial charge in [0.1, 0.15) is 0 Å². The van der Waals surface area contributed by atoms with Gasteiger partial charge in [0.25, 0.3) is 5.91 Å². The number of fused-ring (bicyclic) bond motifs is 1. The molecule has 2 aliphatic rings. The molecule has 0 aromatic heterocycles. The van der Waals surface area contributed by atoms with E-state index in [4.69, 9.17) is 0 Å². The molecule has 0 radical (unpaired) electrons. The Morgan fingerprint density at radius 1 is 1.22 bits per heavy atom. The largest absolute Gasteiger partial charge is 0.384 e. The molecule has 3 rings (SSSR count). The van der Waals surface area contributed by atoms with Crippen LogP contribution in [-0.2, 0) is 6.42 Å². The van der Waals surface area contributed by atoms with E-state index in [1.807, 2.05) is 6.07 Å². The maximum Gasteiger partial charge on any atom is 0.254 e. The van der Waals surface area contributed by atoms with Crippen molar-refractivity contribution >= 4 is 24.0 Å². The molecule has 1 amide bonds. The van der Waals surface area contributed by atoms with Crippen LogP contribution in [0.1, 0.15) is 41.6 Å². The molecule has 0 spiro atoms. The fraction of sp³-hybridized carbons (Fsp3) is 0.611. The molecule has 0 saturated heterocycles. The monoisotopic (exact) mass is 337 g/mol. The van der Waals surface area contributed by atoms with Gasteiger partial charge in [-0.05, 0) is 57.1 Å². The van der Waals surface area contributed by atoms with Crippen LogP contribution in [0, 0.1) is 0 Å². The average Bonchev–Trinajstić information content (AvgIpc) is 3.17. The van der Waals surface area contributed by atoms with Gasteiger partial charge in [0.05, 0.1) is 0 Å². The van der Waals surface area contributed by atoms with E-state index in [1.165, 1.54) is 24.1 Å². The summed E-state index contributed by atoms with van der Waals surface area (Å²) < 4.78 is 0. The minimum atomic E-state index is 0. The van der Waals surface area contributed by atoms with Crippen molar-refractivity contribution in [2.45, 2.75) is 38.1 Å². The maximum atomic E-state index is 13.0. The predicted octanol–water partition coefficient (Wildman–Crippen LogP) is 3.02. The summed E-state index contributed by atoms with van der Waals surface area (Å²) in [7, 11) is 4.14. The lowest BCUT2D eigenvalue weighted by molar-refractivity contribution is 0.0667. The highest BCUT2D eigenvalue weighted by Crippen LogP contribution is 2.27. The van der Waals surface area contributed by atoms with E-state index in [0.29, 0.717) is 6.04 Å². The second-order valence-electron chi connectivity index (χ2n) is 6.79. The fourth-order valence-electron chi connectivity index (χ4n) is 3.58. The summed E-state index contributed by atoms with van der Waals surface area (Å²) in [4.78, 5) is 17.3. The van der Waals surface area contributed by atoms with Gasteiger partial charge in [-0.2, -0.15) is 0 Å². The van der Waals surface area contributed by atoms with Gasteiger partial charge in [-0.15, -0.1) is 12.4 Å². The normalized spacial score (nSPS) is 16.8. The lowest BCUT2D eigenvalue weighted by Crippen LogP contribution is -2.42. The highest BCUT2D eigenvalue weighted by molar-refractivity contribution is 5.95. The number of hydrogen-bond donors (Lipinski definition) is 1. The summed E-state index contributed by atoms with van der Waals surface area (Å²) in [5, 5.41) is 3.36. The minimum absolute atomic E-state index is 0. The fourth-order valence-corrected chi connectivity index (χ4v) is 3.58. The standard InChI is InChI=1S/C18H27N3O.ClH/c1-20(2)11-12-21(16-5-3-4-6-16)18(22)15-7-8-17-14(13-15)9-10-19-17;/h7-8,13,16,19H,3-6,9-12H2,1-2H3;1H. The predicted molar refractivity (Wildman–Crippen MR) is 97.7 cm³/mol. The molecular weight excluding hydrogens is 310 g/mol. The van der Waals surface area contributed by atoms with Crippen LogP contribution in [0.15, 0.2) is 18.2 Å². The molecule has 1 heterocycles. The van der Waals surface area contributed by atoms with Gasteiger partial charge in [0.2, 0.25) is 0 Å². The second kappa shape index (κ2) is 8.02. The molecule has 23 heavy (non-hydrogen) atoms. The number of rotatable bonds is 5. The van der Waals surface area contributed by atoms with Crippen molar-refractivity contribution in [3.63, 3.8) is 0 Å². The third-order valence-corrected chi connectivity index (χ3v) is 4.88. The number of nitrogens with one attached hydrogen (secondary N) is 1. The van der Waals surface area contributed by atoms with Crippen LogP contribution in [0.2, 0.25) is 0 Å². The number of halogens is 1. The highest BCUT2D eigenvalue weighted by Gasteiger charge is 2.27. The van der Waals surface area contributed by atoms with E-state index in [0.717, 1.165) is 44.5 Å². The molecule has 1 aliphatic heterocycles. The molecule has 0 bridgehead atoms. The minimum Gasteiger partial charge on any atom is -0.384 e. The first-order valence-corrected chi connectivity index (χ1v) is 8.47. The number of benzene rings is 1. The highest BCUT2D eigenvalue weighted by atomic mass is 35.5. The second-order valence-corrected chi connectivity index (χ2v) is 6.79. The summed E-state index contributed by atoms with van der Waals surface area (Å²) in [6.45, 7) is 2.74. The van der Waals surface area contributed by atoms with Gasteiger partial charge in [-0.1, -0.05) is 12.8 Å². The van der Waals surface area contributed by atoms with E-state index < -0.39 is 0 Å². The Morgan fingerprint density at radius 2 is 1.96 bits per heavy atom. The Bertz CT molecular complexity index is 541. The molecule has 1 aromatic carbocycles. The number of amides is 1. The zero-order valence-corrected chi connectivity index (χ0v) is 15.0. The van der Waals surface area contributed by atoms with Crippen LogP contribution in [0.4, 0.5) is 5.69 Å². The Labute approximate surface area is 145 Å². The van der Waals surface area contributed by atoms with Gasteiger partial charge in [-0.25, -0.2) is 0 Å². The summed E-state index contributed by atoms with van der Waals surface area (Å²) >= 11 is 0. The molecule has 1 fully saturated rings. The Morgan fingerprint density at radius 3 is 2.65 bits per heavy atom. The van der Waals surface area contributed by atoms with Crippen molar-refractivity contribution in [1.82, 2.24) is 9.80 Å². The van der Waals surface area contributed by atoms with E-state index in [2.05, 4.69) is 41.3 Å². The van der Waals surface area contributed by atoms with Crippen molar-refractivity contribution in [3.05, 3.63) is 29.3 Å². The van der Waals surface area contributed by atoms with Gasteiger partial charge >= 0.3 is 0 Å². The van der Waals surface area contributed by atoms with Crippen molar-refractivity contribution in [2.75, 3.05) is 39.0 Å². The van der Waals surface area contributed by atoms with Crippen molar-refractivity contribution in [2.24, 2.45) is 0 Å². The van der Waals surface area contributed by atoms with Crippen molar-refractivity contribution in [1.29, 1.82) is 0 Å². The number of likely N-dealkylation sites (N-methyl/N-ethyl adjacent to an activating group) is 1. The van der Waals surface area contributed by atoms with Crippen LogP contribution in [0.3, 0.4) is 0 Å². The lowest BCUT2D eigenvalue weighted by Gasteiger charge is -2.30. The van der Waals surface area contributed by atoms with Crippen molar-refractivity contribution in [3.8, 4) is 0 Å². The molecule has 0 atom stereocenters. The van der Waals surface area contributed by atoms with Gasteiger partial charge in [0.15, 0.2) is 0 Å². The zero-order chi connectivity index (χ0) is 15.5. The van der Waals surface area contributed by atoms with Crippen LogP contribution < -0.4 is 5.32 Å². The molecular formula is C18H28ClN3O. The Hall–Kier alpha value is -1.26. The van der Waals surface area contributed by atoms with Gasteiger partial charge in [-0.3, -0.25) is 4.79 Å². The zero-order valence-electron chi connectivity index (χ0n) is 14.2. The molecule has 5 heteroatoms. The Kier molecular flexibility index (Phi) is 6.31. The molecule has 1 N–H and O–H groups in total. The molecule has 4 nitrogen and oxygen atoms in total. The van der Waals surface area contributed by atoms with E-state index in [-0.39, 0.29) is 18.3 Å². The summed E-state index contributed by atoms with van der Waals surface area (Å²) in [5.74, 6) is 0.212. The van der Waals surface area contributed by atoms with E-state index >= 15 is 0 Å². The summed E-state index contributed by atoms with van der Waals surface area (Å²) in [6.07, 6.45) is 5.85. The number of anilines is 1. The summed E-state index contributed by atoms with van der Waals surface area (Å²) in [5.41, 5.74) is 3.33. The number of nitrogens with zero attached hydrogens (tertiary/aromatic N) is 2. The SMILES string of the molecule is CN(C)CCN(C(=O)c1ccc2c(c1)CCN2)C1CCCC1.Cl. The molecule has 0 unspecified atom stereocenters. The summed E-state index contributed by atoms with van der Waals surface area (Å²) in [6, 6.07) is 6.57.